The van der Waals surface area contributed by atoms with Crippen molar-refractivity contribution in [2.45, 2.75) is 13.8 Å². The van der Waals surface area contributed by atoms with Gasteiger partial charge in [0.05, 0.1) is 30.7 Å². The number of carbonyl (C=O) groups is 1. The molecular weight excluding hydrogens is 352 g/mol. The lowest BCUT2D eigenvalue weighted by Crippen LogP contribution is -2.21. The zero-order chi connectivity index (χ0) is 18.7. The zero-order valence-electron chi connectivity index (χ0n) is 14.8. The molecule has 0 saturated heterocycles. The summed E-state index contributed by atoms with van der Waals surface area (Å²) in [6.45, 7) is 4.27. The van der Waals surface area contributed by atoms with Crippen molar-refractivity contribution in [3.8, 4) is 11.5 Å². The first-order chi connectivity index (χ1) is 12.5. The Labute approximate surface area is 157 Å². The van der Waals surface area contributed by atoms with Crippen LogP contribution in [0.3, 0.4) is 0 Å². The summed E-state index contributed by atoms with van der Waals surface area (Å²) in [4.78, 5) is 12.8. The molecule has 1 amide bonds. The van der Waals surface area contributed by atoms with Crippen molar-refractivity contribution in [2.24, 2.45) is 5.10 Å². The average molecular weight is 371 g/mol. The number of halogens is 1. The van der Waals surface area contributed by atoms with E-state index in [4.69, 9.17) is 21.1 Å². The quantitative estimate of drug-likeness (QED) is 0.725. The number of hydrogen-bond acceptors (Lipinski definition) is 4. The Bertz CT molecular complexity index is 906. The highest BCUT2D eigenvalue weighted by atomic mass is 35.5. The van der Waals surface area contributed by atoms with Crippen LogP contribution in [0.15, 0.2) is 53.1 Å². The summed E-state index contributed by atoms with van der Waals surface area (Å²) < 4.78 is 10.9. The Morgan fingerprint density at radius 3 is 2.69 bits per heavy atom. The van der Waals surface area contributed by atoms with E-state index in [1.54, 1.807) is 44.4 Å². The lowest BCUT2D eigenvalue weighted by atomic mass is 10.1. The van der Waals surface area contributed by atoms with Crippen molar-refractivity contribution in [3.05, 3.63) is 58.6 Å². The van der Waals surface area contributed by atoms with Crippen LogP contribution in [0.4, 0.5) is 5.69 Å². The molecule has 3 rings (SSSR count). The molecule has 134 valence electrons. The highest BCUT2D eigenvalue weighted by molar-refractivity contribution is 6.33. The number of benzene rings is 2. The predicted octanol–water partition coefficient (Wildman–Crippen LogP) is 4.55. The van der Waals surface area contributed by atoms with Crippen LogP contribution in [-0.4, -0.2) is 25.3 Å². The highest BCUT2D eigenvalue weighted by Crippen LogP contribution is 2.31. The molecule has 0 aliphatic carbocycles. The molecule has 0 radical (unpaired) electrons. The summed E-state index contributed by atoms with van der Waals surface area (Å²) in [5, 5.41) is 6.28. The van der Waals surface area contributed by atoms with Crippen LogP contribution in [0.25, 0.3) is 6.08 Å². The molecule has 0 atom stereocenters. The third-order valence-corrected chi connectivity index (χ3v) is 4.15. The molecule has 0 spiro atoms. The minimum atomic E-state index is -0.197. The standard InChI is InChI=1S/C20H19ClN2O3/c1-4-26-18-9-8-14(11-19(18)25-3)10-17-13(2)22-23(20(17)24)16-7-5-6-15(21)12-16/h5-12H,4H2,1-3H3/b17-10+. The lowest BCUT2D eigenvalue weighted by Gasteiger charge is -2.12. The normalized spacial score (nSPS) is 15.4. The van der Waals surface area contributed by atoms with Gasteiger partial charge in [-0.1, -0.05) is 23.7 Å². The van der Waals surface area contributed by atoms with Crippen LogP contribution >= 0.6 is 11.6 Å². The average Bonchev–Trinajstić information content (AvgIpc) is 2.91. The Hall–Kier alpha value is -2.79. The second-order valence-corrected chi connectivity index (χ2v) is 6.12. The van der Waals surface area contributed by atoms with Gasteiger partial charge in [-0.25, -0.2) is 0 Å². The molecule has 26 heavy (non-hydrogen) atoms. The summed E-state index contributed by atoms with van der Waals surface area (Å²) in [5.74, 6) is 1.09. The van der Waals surface area contributed by atoms with Gasteiger partial charge in [0.1, 0.15) is 0 Å². The van der Waals surface area contributed by atoms with Gasteiger partial charge >= 0.3 is 0 Å². The molecule has 0 fully saturated rings. The monoisotopic (exact) mass is 370 g/mol. The number of hydrogen-bond donors (Lipinski definition) is 0. The van der Waals surface area contributed by atoms with Crippen LogP contribution in [0.2, 0.25) is 5.02 Å². The van der Waals surface area contributed by atoms with Crippen molar-refractivity contribution >= 4 is 35.0 Å². The van der Waals surface area contributed by atoms with Gasteiger partial charge in [0, 0.05) is 5.02 Å². The third kappa shape index (κ3) is 3.58. The molecule has 2 aromatic rings. The van der Waals surface area contributed by atoms with Gasteiger partial charge in [0.2, 0.25) is 0 Å². The smallest absolute Gasteiger partial charge is 0.280 e. The van der Waals surface area contributed by atoms with Gasteiger partial charge in [-0.15, -0.1) is 0 Å². The number of methoxy groups -OCH3 is 1. The fourth-order valence-electron chi connectivity index (χ4n) is 2.68. The minimum Gasteiger partial charge on any atom is -0.493 e. The molecule has 2 aromatic carbocycles. The van der Waals surface area contributed by atoms with E-state index in [9.17, 15) is 4.79 Å². The number of rotatable bonds is 5. The lowest BCUT2D eigenvalue weighted by molar-refractivity contribution is -0.114. The fraction of sp³-hybridized carbons (Fsp3) is 0.200. The van der Waals surface area contributed by atoms with E-state index in [1.807, 2.05) is 25.1 Å². The van der Waals surface area contributed by atoms with Crippen LogP contribution in [0.1, 0.15) is 19.4 Å². The molecule has 1 aliphatic heterocycles. The Balaban J connectivity index is 1.92. The van der Waals surface area contributed by atoms with Gasteiger partial charge in [0.25, 0.3) is 5.91 Å². The molecule has 0 bridgehead atoms. The largest absolute Gasteiger partial charge is 0.493 e. The highest BCUT2D eigenvalue weighted by Gasteiger charge is 2.28. The summed E-state index contributed by atoms with van der Waals surface area (Å²) in [5.41, 5.74) is 2.63. The van der Waals surface area contributed by atoms with Crippen molar-refractivity contribution in [1.29, 1.82) is 0 Å². The molecule has 1 heterocycles. The second kappa shape index (κ2) is 7.62. The number of anilines is 1. The topological polar surface area (TPSA) is 51.1 Å². The molecule has 0 unspecified atom stereocenters. The minimum absolute atomic E-state index is 0.197. The van der Waals surface area contributed by atoms with Gasteiger partial charge in [-0.2, -0.15) is 10.1 Å². The second-order valence-electron chi connectivity index (χ2n) is 5.68. The van der Waals surface area contributed by atoms with E-state index < -0.39 is 0 Å². The first-order valence-corrected chi connectivity index (χ1v) is 8.59. The predicted molar refractivity (Wildman–Crippen MR) is 104 cm³/mol. The van der Waals surface area contributed by atoms with Crippen LogP contribution in [0, 0.1) is 0 Å². The molecule has 6 heteroatoms. The number of ether oxygens (including phenoxy) is 2. The summed E-state index contributed by atoms with van der Waals surface area (Å²) in [6.07, 6.45) is 1.80. The van der Waals surface area contributed by atoms with Crippen molar-refractivity contribution in [3.63, 3.8) is 0 Å². The summed E-state index contributed by atoms with van der Waals surface area (Å²) in [6, 6.07) is 12.6. The molecular formula is C20H19ClN2O3. The van der Waals surface area contributed by atoms with E-state index >= 15 is 0 Å². The van der Waals surface area contributed by atoms with Gasteiger partial charge in [-0.3, -0.25) is 4.79 Å². The third-order valence-electron chi connectivity index (χ3n) is 3.91. The first-order valence-electron chi connectivity index (χ1n) is 8.21. The van der Waals surface area contributed by atoms with Crippen molar-refractivity contribution in [2.75, 3.05) is 18.7 Å². The number of carbonyl (C=O) groups excluding carboxylic acids is 1. The SMILES string of the molecule is CCOc1ccc(/C=C2/C(=O)N(c3cccc(Cl)c3)N=C2C)cc1OC. The number of amides is 1. The van der Waals surface area contributed by atoms with Crippen LogP contribution < -0.4 is 14.5 Å². The van der Waals surface area contributed by atoms with Gasteiger partial charge < -0.3 is 9.47 Å². The summed E-state index contributed by atoms with van der Waals surface area (Å²) >= 11 is 6.02. The molecule has 0 N–H and O–H groups in total. The molecule has 5 nitrogen and oxygen atoms in total. The molecule has 0 saturated carbocycles. The Morgan fingerprint density at radius 2 is 2.00 bits per heavy atom. The van der Waals surface area contributed by atoms with Crippen LogP contribution in [0.5, 0.6) is 11.5 Å². The number of nitrogens with zero attached hydrogens (tertiary/aromatic N) is 2. The van der Waals surface area contributed by atoms with Gasteiger partial charge in [0.15, 0.2) is 11.5 Å². The zero-order valence-corrected chi connectivity index (χ0v) is 15.6. The van der Waals surface area contributed by atoms with Crippen LogP contribution in [-0.2, 0) is 4.79 Å². The van der Waals surface area contributed by atoms with Gasteiger partial charge in [-0.05, 0) is 55.8 Å². The maximum absolute atomic E-state index is 12.8. The van der Waals surface area contributed by atoms with E-state index in [-0.39, 0.29) is 5.91 Å². The van der Waals surface area contributed by atoms with E-state index in [0.29, 0.717) is 40.1 Å². The van der Waals surface area contributed by atoms with Crippen molar-refractivity contribution in [1.82, 2.24) is 0 Å². The fourth-order valence-corrected chi connectivity index (χ4v) is 2.87. The maximum atomic E-state index is 12.8. The van der Waals surface area contributed by atoms with E-state index in [2.05, 4.69) is 5.10 Å². The Kier molecular flexibility index (Phi) is 5.28. The van der Waals surface area contributed by atoms with E-state index in [1.165, 1.54) is 5.01 Å². The molecule has 1 aliphatic rings. The Morgan fingerprint density at radius 1 is 1.19 bits per heavy atom. The first kappa shape index (κ1) is 18.0. The molecule has 0 aromatic heterocycles. The van der Waals surface area contributed by atoms with E-state index in [0.717, 1.165) is 5.56 Å². The number of hydrazone groups is 1. The summed E-state index contributed by atoms with van der Waals surface area (Å²) in [7, 11) is 1.59. The van der Waals surface area contributed by atoms with Crippen molar-refractivity contribution < 1.29 is 14.3 Å². The maximum Gasteiger partial charge on any atom is 0.280 e.